The van der Waals surface area contributed by atoms with Crippen molar-refractivity contribution in [3.8, 4) is 0 Å². The van der Waals surface area contributed by atoms with Crippen molar-refractivity contribution in [3.63, 3.8) is 0 Å². The van der Waals surface area contributed by atoms with E-state index >= 15 is 0 Å². The molecule has 0 amide bonds. The van der Waals surface area contributed by atoms with Gasteiger partial charge in [0.2, 0.25) is 0 Å². The Morgan fingerprint density at radius 2 is 2.10 bits per heavy atom. The van der Waals surface area contributed by atoms with E-state index in [9.17, 15) is 12.8 Å². The van der Waals surface area contributed by atoms with Gasteiger partial charge in [0.25, 0.3) is 10.0 Å². The summed E-state index contributed by atoms with van der Waals surface area (Å²) >= 11 is 0. The predicted octanol–water partition coefficient (Wildman–Crippen LogP) is 1.14. The van der Waals surface area contributed by atoms with E-state index < -0.39 is 20.7 Å². The highest BCUT2D eigenvalue weighted by Crippen LogP contribution is 2.19. The molecule has 2 N–H and O–H groups in total. The van der Waals surface area contributed by atoms with Crippen LogP contribution in [0.3, 0.4) is 0 Å². The Hall–Kier alpha value is -2.06. The molecule has 2 rings (SSSR count). The number of anilines is 1. The fourth-order valence-electron chi connectivity index (χ4n) is 1.62. The zero-order valence-electron chi connectivity index (χ0n) is 10.7. The molecule has 0 bridgehead atoms. The topological polar surface area (TPSA) is 84.0 Å². The summed E-state index contributed by atoms with van der Waals surface area (Å²) in [7, 11) is -2.32. The fraction of sp³-hybridized carbons (Fsp3) is 0.167. The van der Waals surface area contributed by atoms with Gasteiger partial charge in [0.15, 0.2) is 5.82 Å². The van der Waals surface area contributed by atoms with Gasteiger partial charge in [-0.05, 0) is 36.9 Å². The highest BCUT2D eigenvalue weighted by Gasteiger charge is 2.20. The monoisotopic (exact) mass is 296 g/mol. The van der Waals surface area contributed by atoms with Crippen LogP contribution in [0.15, 0.2) is 41.4 Å². The lowest BCUT2D eigenvalue weighted by molar-refractivity contribution is 0.568. The molecule has 2 aromatic rings. The Kier molecular flexibility index (Phi) is 4.26. The second kappa shape index (κ2) is 5.93. The summed E-state index contributed by atoms with van der Waals surface area (Å²) in [5, 5.41) is 10.0. The molecular formula is C12H13FN4O2S. The Balaban J connectivity index is 2.36. The van der Waals surface area contributed by atoms with Gasteiger partial charge in [-0.1, -0.05) is 6.07 Å². The van der Waals surface area contributed by atoms with E-state index in [1.165, 1.54) is 30.5 Å². The van der Waals surface area contributed by atoms with Gasteiger partial charge in [-0.25, -0.2) is 12.8 Å². The van der Waals surface area contributed by atoms with Gasteiger partial charge in [-0.15, -0.1) is 5.10 Å². The lowest BCUT2D eigenvalue weighted by Crippen LogP contribution is -2.16. The van der Waals surface area contributed by atoms with Crippen LogP contribution in [-0.2, 0) is 16.6 Å². The number of nitrogens with one attached hydrogen (secondary N) is 2. The molecule has 1 aromatic heterocycles. The molecule has 1 heterocycles. The number of sulfonamides is 1. The maximum Gasteiger partial charge on any atom is 0.266 e. The number of hydrogen-bond acceptors (Lipinski definition) is 5. The molecule has 0 saturated carbocycles. The van der Waals surface area contributed by atoms with E-state index in [0.717, 1.165) is 6.07 Å². The van der Waals surface area contributed by atoms with Crippen LogP contribution >= 0.6 is 0 Å². The Bertz CT molecular complexity index is 692. The van der Waals surface area contributed by atoms with Crippen molar-refractivity contribution in [3.05, 3.63) is 47.9 Å². The SMILES string of the molecule is CNCc1ccc(F)c(S(=O)(=O)Nc2cccnn2)c1. The van der Waals surface area contributed by atoms with Crippen molar-refractivity contribution in [2.24, 2.45) is 0 Å². The summed E-state index contributed by atoms with van der Waals surface area (Å²) in [4.78, 5) is -0.420. The maximum absolute atomic E-state index is 13.7. The first-order valence-electron chi connectivity index (χ1n) is 5.76. The van der Waals surface area contributed by atoms with E-state index in [1.54, 1.807) is 7.05 Å². The number of nitrogens with zero attached hydrogens (tertiary/aromatic N) is 2. The van der Waals surface area contributed by atoms with Crippen molar-refractivity contribution < 1.29 is 12.8 Å². The van der Waals surface area contributed by atoms with Crippen molar-refractivity contribution in [1.82, 2.24) is 15.5 Å². The molecule has 0 spiro atoms. The molecular weight excluding hydrogens is 283 g/mol. The first-order valence-corrected chi connectivity index (χ1v) is 7.25. The van der Waals surface area contributed by atoms with Gasteiger partial charge in [0, 0.05) is 12.7 Å². The van der Waals surface area contributed by atoms with Gasteiger partial charge < -0.3 is 5.32 Å². The van der Waals surface area contributed by atoms with Gasteiger partial charge in [0.1, 0.15) is 10.7 Å². The number of rotatable bonds is 5. The second-order valence-electron chi connectivity index (χ2n) is 4.01. The molecule has 0 radical (unpaired) electrons. The van der Waals surface area contributed by atoms with Crippen molar-refractivity contribution in [2.45, 2.75) is 11.4 Å². The molecule has 106 valence electrons. The number of benzene rings is 1. The normalized spacial score (nSPS) is 11.3. The zero-order chi connectivity index (χ0) is 14.6. The molecule has 0 aliphatic rings. The molecule has 0 aliphatic heterocycles. The van der Waals surface area contributed by atoms with E-state index in [0.29, 0.717) is 12.1 Å². The summed E-state index contributed by atoms with van der Waals surface area (Å²) < 4.78 is 40.2. The van der Waals surface area contributed by atoms with Crippen molar-refractivity contribution in [1.29, 1.82) is 0 Å². The molecule has 1 aromatic carbocycles. The Morgan fingerprint density at radius 3 is 2.75 bits per heavy atom. The molecule has 0 aliphatic carbocycles. The van der Waals surface area contributed by atoms with Crippen molar-refractivity contribution >= 4 is 15.8 Å². The second-order valence-corrected chi connectivity index (χ2v) is 5.66. The first kappa shape index (κ1) is 14.4. The predicted molar refractivity (Wildman–Crippen MR) is 72.0 cm³/mol. The molecule has 0 saturated heterocycles. The molecule has 6 nitrogen and oxygen atoms in total. The van der Waals surface area contributed by atoms with Gasteiger partial charge >= 0.3 is 0 Å². The van der Waals surface area contributed by atoms with E-state index in [1.807, 2.05) is 0 Å². The van der Waals surface area contributed by atoms with Gasteiger partial charge in [0.05, 0.1) is 0 Å². The van der Waals surface area contributed by atoms with E-state index in [4.69, 9.17) is 0 Å². The number of hydrogen-bond donors (Lipinski definition) is 2. The summed E-state index contributed by atoms with van der Waals surface area (Å²) in [6.07, 6.45) is 1.41. The average molecular weight is 296 g/mol. The smallest absolute Gasteiger partial charge is 0.266 e. The van der Waals surface area contributed by atoms with Crippen molar-refractivity contribution in [2.75, 3.05) is 11.8 Å². The molecule has 0 atom stereocenters. The standard InChI is InChI=1S/C12H13FN4O2S/c1-14-8-9-4-5-10(13)11(7-9)20(18,19)17-12-3-2-6-15-16-12/h2-7,14H,8H2,1H3,(H,16,17). The van der Waals surface area contributed by atoms with Gasteiger partial charge in [-0.2, -0.15) is 5.10 Å². The third kappa shape index (κ3) is 3.28. The summed E-state index contributed by atoms with van der Waals surface area (Å²) in [6, 6.07) is 6.88. The number of halogens is 1. The molecule has 8 heteroatoms. The summed E-state index contributed by atoms with van der Waals surface area (Å²) in [6.45, 7) is 0.438. The minimum atomic E-state index is -4.04. The van der Waals surface area contributed by atoms with Crippen LogP contribution in [0.2, 0.25) is 0 Å². The van der Waals surface area contributed by atoms with Crippen LogP contribution in [0.4, 0.5) is 10.2 Å². The summed E-state index contributed by atoms with van der Waals surface area (Å²) in [5.74, 6) is -0.785. The largest absolute Gasteiger partial charge is 0.316 e. The third-order valence-corrected chi connectivity index (χ3v) is 3.85. The Morgan fingerprint density at radius 1 is 1.30 bits per heavy atom. The van der Waals surface area contributed by atoms with Crippen LogP contribution in [0.5, 0.6) is 0 Å². The molecule has 0 fully saturated rings. The molecule has 0 unspecified atom stereocenters. The minimum absolute atomic E-state index is 0.0333. The van der Waals surface area contributed by atoms with E-state index in [2.05, 4.69) is 20.2 Å². The minimum Gasteiger partial charge on any atom is -0.316 e. The third-order valence-electron chi connectivity index (χ3n) is 2.48. The zero-order valence-corrected chi connectivity index (χ0v) is 11.5. The van der Waals surface area contributed by atoms with Crippen LogP contribution in [0.25, 0.3) is 0 Å². The Labute approximate surface area is 116 Å². The van der Waals surface area contributed by atoms with Crippen LogP contribution in [-0.4, -0.2) is 25.7 Å². The average Bonchev–Trinajstić information content (AvgIpc) is 2.42. The molecule has 20 heavy (non-hydrogen) atoms. The number of aromatic nitrogens is 2. The quantitative estimate of drug-likeness (QED) is 0.864. The maximum atomic E-state index is 13.7. The summed E-state index contributed by atoms with van der Waals surface area (Å²) in [5.41, 5.74) is 0.661. The van der Waals surface area contributed by atoms with Crippen LogP contribution < -0.4 is 10.0 Å². The lowest BCUT2D eigenvalue weighted by atomic mass is 10.2. The van der Waals surface area contributed by atoms with Gasteiger partial charge in [-0.3, -0.25) is 4.72 Å². The lowest BCUT2D eigenvalue weighted by Gasteiger charge is -2.09. The van der Waals surface area contributed by atoms with Crippen LogP contribution in [0, 0.1) is 5.82 Å². The van der Waals surface area contributed by atoms with Crippen LogP contribution in [0.1, 0.15) is 5.56 Å². The highest BCUT2D eigenvalue weighted by atomic mass is 32.2. The highest BCUT2D eigenvalue weighted by molar-refractivity contribution is 7.92. The first-order chi connectivity index (χ1) is 9.53. The van der Waals surface area contributed by atoms with E-state index in [-0.39, 0.29) is 5.82 Å². The fourth-order valence-corrected chi connectivity index (χ4v) is 2.74.